The van der Waals surface area contributed by atoms with E-state index in [1.165, 1.54) is 12.1 Å². The summed E-state index contributed by atoms with van der Waals surface area (Å²) >= 11 is 5.75. The summed E-state index contributed by atoms with van der Waals surface area (Å²) in [4.78, 5) is 0. The Labute approximate surface area is 101 Å². The number of hydrogen-bond donors (Lipinski definition) is 0. The van der Waals surface area contributed by atoms with Gasteiger partial charge in [0.1, 0.15) is 5.38 Å². The quantitative estimate of drug-likeness (QED) is 0.794. The van der Waals surface area contributed by atoms with Gasteiger partial charge in [-0.25, -0.2) is 8.78 Å². The third-order valence-electron chi connectivity index (χ3n) is 2.20. The molecule has 1 unspecified atom stereocenters. The summed E-state index contributed by atoms with van der Waals surface area (Å²) in [6.07, 6.45) is 0.0419. The molecule has 90 valence electrons. The van der Waals surface area contributed by atoms with E-state index >= 15 is 0 Å². The van der Waals surface area contributed by atoms with Crippen molar-refractivity contribution in [1.29, 1.82) is 0 Å². The number of halogens is 3. The van der Waals surface area contributed by atoms with Crippen LogP contribution in [0.15, 0.2) is 22.6 Å². The highest BCUT2D eigenvalue weighted by Gasteiger charge is 2.14. The van der Waals surface area contributed by atoms with Crippen molar-refractivity contribution in [3.63, 3.8) is 0 Å². The van der Waals surface area contributed by atoms with Gasteiger partial charge in [-0.1, -0.05) is 12.1 Å². The van der Waals surface area contributed by atoms with Gasteiger partial charge in [-0.15, -0.1) is 21.8 Å². The second-order valence-corrected chi connectivity index (χ2v) is 4.19. The Hall–Kier alpha value is -1.49. The maximum atomic E-state index is 13.4. The lowest BCUT2D eigenvalue weighted by atomic mass is 10.1. The predicted octanol–water partition coefficient (Wildman–Crippen LogP) is 3.24. The van der Waals surface area contributed by atoms with Crippen LogP contribution in [0.5, 0.6) is 0 Å². The summed E-state index contributed by atoms with van der Waals surface area (Å²) in [6.45, 7) is 1.68. The molecular formula is C11H9ClF2N2O. The van der Waals surface area contributed by atoms with Gasteiger partial charge < -0.3 is 4.42 Å². The molecular weight excluding hydrogens is 250 g/mol. The first kappa shape index (κ1) is 12.0. The zero-order valence-electron chi connectivity index (χ0n) is 8.95. The molecule has 1 aromatic carbocycles. The molecule has 6 heteroatoms. The third kappa shape index (κ3) is 2.61. The normalized spacial score (nSPS) is 12.7. The van der Waals surface area contributed by atoms with Crippen LogP contribution < -0.4 is 0 Å². The van der Waals surface area contributed by atoms with Crippen LogP contribution in [0.1, 0.15) is 29.6 Å². The summed E-state index contributed by atoms with van der Waals surface area (Å²) < 4.78 is 31.5. The lowest BCUT2D eigenvalue weighted by molar-refractivity contribution is 0.450. The fourth-order valence-electron chi connectivity index (χ4n) is 1.35. The number of benzene rings is 1. The number of nitrogens with zero attached hydrogens (tertiary/aromatic N) is 2. The van der Waals surface area contributed by atoms with Crippen molar-refractivity contribution in [2.24, 2.45) is 0 Å². The van der Waals surface area contributed by atoms with Gasteiger partial charge in [0.25, 0.3) is 0 Å². The van der Waals surface area contributed by atoms with Crippen LogP contribution in [-0.4, -0.2) is 10.2 Å². The monoisotopic (exact) mass is 258 g/mol. The van der Waals surface area contributed by atoms with Crippen molar-refractivity contribution in [3.05, 3.63) is 47.2 Å². The molecule has 1 atom stereocenters. The van der Waals surface area contributed by atoms with E-state index in [0.29, 0.717) is 0 Å². The maximum absolute atomic E-state index is 13.4. The van der Waals surface area contributed by atoms with E-state index in [-0.39, 0.29) is 23.8 Å². The van der Waals surface area contributed by atoms with Gasteiger partial charge in [-0.3, -0.25) is 0 Å². The summed E-state index contributed by atoms with van der Waals surface area (Å²) in [6, 6.07) is 3.94. The van der Waals surface area contributed by atoms with Gasteiger partial charge in [0.2, 0.25) is 11.8 Å². The van der Waals surface area contributed by atoms with Crippen LogP contribution in [-0.2, 0) is 6.42 Å². The zero-order chi connectivity index (χ0) is 12.4. The summed E-state index contributed by atoms with van der Waals surface area (Å²) in [5.74, 6) is -1.32. The lowest BCUT2D eigenvalue weighted by Gasteiger charge is -2.00. The van der Waals surface area contributed by atoms with Crippen LogP contribution in [0.25, 0.3) is 0 Å². The van der Waals surface area contributed by atoms with Crippen molar-refractivity contribution >= 4 is 11.6 Å². The molecule has 1 aromatic heterocycles. The van der Waals surface area contributed by atoms with Crippen LogP contribution in [0.3, 0.4) is 0 Å². The molecule has 0 amide bonds. The highest BCUT2D eigenvalue weighted by Crippen LogP contribution is 2.20. The van der Waals surface area contributed by atoms with E-state index in [0.717, 1.165) is 6.07 Å². The number of rotatable bonds is 3. The minimum atomic E-state index is -0.897. The summed E-state index contributed by atoms with van der Waals surface area (Å²) in [5.41, 5.74) is 0.169. The minimum Gasteiger partial charge on any atom is -0.423 e. The van der Waals surface area contributed by atoms with Gasteiger partial charge in [0, 0.05) is 5.56 Å². The zero-order valence-corrected chi connectivity index (χ0v) is 9.71. The Balaban J connectivity index is 2.22. The SMILES string of the molecule is CC(Cl)c1nnc(Cc2cccc(F)c2F)o1. The molecule has 0 aliphatic heterocycles. The minimum absolute atomic E-state index is 0.0419. The van der Waals surface area contributed by atoms with Crippen LogP contribution in [0.2, 0.25) is 0 Å². The van der Waals surface area contributed by atoms with E-state index in [1.54, 1.807) is 6.92 Å². The molecule has 0 spiro atoms. The van der Waals surface area contributed by atoms with Crippen molar-refractivity contribution in [3.8, 4) is 0 Å². The molecule has 1 heterocycles. The Morgan fingerprint density at radius 3 is 2.76 bits per heavy atom. The largest absolute Gasteiger partial charge is 0.423 e. The standard InChI is InChI=1S/C11H9ClF2N2O/c1-6(12)11-16-15-9(17-11)5-7-3-2-4-8(13)10(7)14/h2-4,6H,5H2,1H3. The van der Waals surface area contributed by atoms with Gasteiger partial charge in [0.15, 0.2) is 11.6 Å². The Bertz CT molecular complexity index is 528. The second-order valence-electron chi connectivity index (χ2n) is 3.54. The fraction of sp³-hybridized carbons (Fsp3) is 0.273. The van der Waals surface area contributed by atoms with E-state index < -0.39 is 17.0 Å². The van der Waals surface area contributed by atoms with Crippen molar-refractivity contribution in [1.82, 2.24) is 10.2 Å². The Morgan fingerprint density at radius 1 is 1.35 bits per heavy atom. The molecule has 3 nitrogen and oxygen atoms in total. The van der Waals surface area contributed by atoms with Gasteiger partial charge >= 0.3 is 0 Å². The van der Waals surface area contributed by atoms with E-state index in [2.05, 4.69) is 10.2 Å². The highest BCUT2D eigenvalue weighted by atomic mass is 35.5. The molecule has 2 aromatic rings. The molecule has 0 aliphatic carbocycles. The van der Waals surface area contributed by atoms with Crippen LogP contribution in [0, 0.1) is 11.6 Å². The first-order chi connectivity index (χ1) is 8.08. The van der Waals surface area contributed by atoms with Crippen LogP contribution in [0.4, 0.5) is 8.78 Å². The Kier molecular flexibility index (Phi) is 3.38. The maximum Gasteiger partial charge on any atom is 0.234 e. The van der Waals surface area contributed by atoms with E-state index in [4.69, 9.17) is 16.0 Å². The van der Waals surface area contributed by atoms with Gasteiger partial charge in [-0.05, 0) is 13.0 Å². The topological polar surface area (TPSA) is 38.9 Å². The number of aromatic nitrogens is 2. The summed E-state index contributed by atoms with van der Waals surface area (Å²) in [7, 11) is 0. The number of hydrogen-bond acceptors (Lipinski definition) is 3. The average Bonchev–Trinajstić information content (AvgIpc) is 2.73. The molecule has 0 saturated carbocycles. The smallest absolute Gasteiger partial charge is 0.234 e. The molecule has 2 rings (SSSR count). The first-order valence-corrected chi connectivity index (χ1v) is 5.41. The predicted molar refractivity (Wildman–Crippen MR) is 57.7 cm³/mol. The van der Waals surface area contributed by atoms with Crippen molar-refractivity contribution in [2.75, 3.05) is 0 Å². The molecule has 17 heavy (non-hydrogen) atoms. The Morgan fingerprint density at radius 2 is 2.12 bits per heavy atom. The second kappa shape index (κ2) is 4.79. The third-order valence-corrected chi connectivity index (χ3v) is 2.38. The lowest BCUT2D eigenvalue weighted by Crippen LogP contribution is -1.95. The van der Waals surface area contributed by atoms with Crippen molar-refractivity contribution < 1.29 is 13.2 Å². The first-order valence-electron chi connectivity index (χ1n) is 4.97. The number of alkyl halides is 1. The fourth-order valence-corrected chi connectivity index (χ4v) is 1.43. The molecule has 0 saturated heterocycles. The van der Waals surface area contributed by atoms with Crippen LogP contribution >= 0.6 is 11.6 Å². The van der Waals surface area contributed by atoms with Gasteiger partial charge in [-0.2, -0.15) is 0 Å². The molecule has 0 aliphatic rings. The molecule has 0 fully saturated rings. The molecule has 0 bridgehead atoms. The van der Waals surface area contributed by atoms with E-state index in [1.807, 2.05) is 0 Å². The molecule has 0 N–H and O–H groups in total. The van der Waals surface area contributed by atoms with E-state index in [9.17, 15) is 8.78 Å². The molecule has 0 radical (unpaired) electrons. The highest BCUT2D eigenvalue weighted by molar-refractivity contribution is 6.20. The average molecular weight is 259 g/mol. The van der Waals surface area contributed by atoms with Crippen molar-refractivity contribution in [2.45, 2.75) is 18.7 Å². The van der Waals surface area contributed by atoms with Gasteiger partial charge in [0.05, 0.1) is 6.42 Å². The summed E-state index contributed by atoms with van der Waals surface area (Å²) in [5, 5.41) is 7.00.